The van der Waals surface area contributed by atoms with Crippen LogP contribution in [0.4, 0.5) is 11.4 Å². The highest BCUT2D eigenvalue weighted by Crippen LogP contribution is 2.38. The van der Waals surface area contributed by atoms with Gasteiger partial charge in [0.1, 0.15) is 19.0 Å². The Hall–Kier alpha value is -2.93. The van der Waals surface area contributed by atoms with Gasteiger partial charge in [-0.15, -0.1) is 0 Å². The van der Waals surface area contributed by atoms with E-state index in [4.69, 9.17) is 25.8 Å². The molecule has 0 fully saturated rings. The molecule has 2 aromatic carbocycles. The summed E-state index contributed by atoms with van der Waals surface area (Å²) >= 11 is 6.17. The van der Waals surface area contributed by atoms with Gasteiger partial charge in [-0.1, -0.05) is 11.6 Å². The monoisotopic (exact) mass is 374 g/mol. The minimum absolute atomic E-state index is 0.236. The third-order valence-electron chi connectivity index (χ3n) is 4.03. The second-order valence-corrected chi connectivity index (χ2v) is 6.30. The Bertz CT molecular complexity index is 915. The van der Waals surface area contributed by atoms with Crippen LogP contribution in [0.1, 0.15) is 17.3 Å². The molecule has 2 aliphatic heterocycles. The molecule has 2 N–H and O–H groups in total. The van der Waals surface area contributed by atoms with Gasteiger partial charge in [0.15, 0.2) is 17.6 Å². The fourth-order valence-corrected chi connectivity index (χ4v) is 3.00. The van der Waals surface area contributed by atoms with Crippen molar-refractivity contribution in [3.05, 3.63) is 40.9 Å². The first-order valence-corrected chi connectivity index (χ1v) is 8.41. The maximum absolute atomic E-state index is 12.6. The number of hydrogen-bond donors (Lipinski definition) is 2. The number of benzene rings is 2. The van der Waals surface area contributed by atoms with Crippen molar-refractivity contribution in [2.75, 3.05) is 23.8 Å². The van der Waals surface area contributed by atoms with Crippen molar-refractivity contribution < 1.29 is 23.8 Å². The van der Waals surface area contributed by atoms with Crippen LogP contribution >= 0.6 is 11.6 Å². The maximum Gasteiger partial charge on any atom is 0.265 e. The van der Waals surface area contributed by atoms with E-state index in [0.29, 0.717) is 52.4 Å². The smallest absolute Gasteiger partial charge is 0.265 e. The highest BCUT2D eigenvalue weighted by molar-refractivity contribution is 6.32. The fourth-order valence-electron chi connectivity index (χ4n) is 2.73. The molecule has 0 unspecified atom stereocenters. The van der Waals surface area contributed by atoms with E-state index in [2.05, 4.69) is 10.6 Å². The molecule has 2 amide bonds. The zero-order valence-electron chi connectivity index (χ0n) is 13.8. The average molecular weight is 375 g/mol. The van der Waals surface area contributed by atoms with Crippen LogP contribution in [-0.4, -0.2) is 31.1 Å². The van der Waals surface area contributed by atoms with E-state index < -0.39 is 6.10 Å². The van der Waals surface area contributed by atoms with Gasteiger partial charge in [-0.05, 0) is 37.3 Å². The van der Waals surface area contributed by atoms with Crippen molar-refractivity contribution in [2.24, 2.45) is 0 Å². The summed E-state index contributed by atoms with van der Waals surface area (Å²) in [6, 6.07) is 8.13. The molecule has 0 saturated carbocycles. The Balaban J connectivity index is 1.56. The second-order valence-electron chi connectivity index (χ2n) is 5.90. The van der Waals surface area contributed by atoms with Crippen LogP contribution < -0.4 is 24.8 Å². The molecule has 0 radical (unpaired) electrons. The molecule has 2 aliphatic rings. The topological polar surface area (TPSA) is 85.9 Å². The van der Waals surface area contributed by atoms with E-state index >= 15 is 0 Å². The zero-order chi connectivity index (χ0) is 18.3. The average Bonchev–Trinajstić information content (AvgIpc) is 2.63. The Morgan fingerprint density at radius 2 is 2.00 bits per heavy atom. The Kier molecular flexibility index (Phi) is 4.08. The number of carbonyl (C=O) groups is 2. The van der Waals surface area contributed by atoms with Crippen LogP contribution in [-0.2, 0) is 4.79 Å². The standard InChI is InChI=1S/C18H15ClN2O5/c1-9-17(22)21-13-8-11(2-3-14(13)26-9)20-18(23)10-6-12(19)16-15(7-10)24-4-5-25-16/h2-3,6-9H,4-5H2,1H3,(H,20,23)(H,21,22)/t9-/m0/s1. The quantitative estimate of drug-likeness (QED) is 0.843. The summed E-state index contributed by atoms with van der Waals surface area (Å²) in [5.74, 6) is 0.837. The number of anilines is 2. The van der Waals surface area contributed by atoms with E-state index in [1.165, 1.54) is 6.07 Å². The van der Waals surface area contributed by atoms with Gasteiger partial charge in [0.05, 0.1) is 10.7 Å². The number of rotatable bonds is 2. The molecule has 26 heavy (non-hydrogen) atoms. The molecule has 7 nitrogen and oxygen atoms in total. The van der Waals surface area contributed by atoms with E-state index in [0.717, 1.165) is 0 Å². The third-order valence-corrected chi connectivity index (χ3v) is 4.31. The molecule has 0 aliphatic carbocycles. The minimum Gasteiger partial charge on any atom is -0.486 e. The van der Waals surface area contributed by atoms with Gasteiger partial charge < -0.3 is 24.8 Å². The zero-order valence-corrected chi connectivity index (χ0v) is 14.6. The molecule has 1 atom stereocenters. The highest BCUT2D eigenvalue weighted by Gasteiger charge is 2.24. The minimum atomic E-state index is -0.553. The first kappa shape index (κ1) is 16.5. The normalized spacial score (nSPS) is 17.6. The first-order chi connectivity index (χ1) is 12.5. The summed E-state index contributed by atoms with van der Waals surface area (Å²) in [5, 5.41) is 5.82. The van der Waals surface area contributed by atoms with Crippen LogP contribution in [0.3, 0.4) is 0 Å². The molecule has 8 heteroatoms. The van der Waals surface area contributed by atoms with Crippen molar-refractivity contribution in [3.8, 4) is 17.2 Å². The Morgan fingerprint density at radius 3 is 2.85 bits per heavy atom. The molecule has 0 saturated heterocycles. The predicted molar refractivity (Wildman–Crippen MR) is 95.6 cm³/mol. The summed E-state index contributed by atoms with van der Waals surface area (Å²) < 4.78 is 16.4. The molecule has 134 valence electrons. The van der Waals surface area contributed by atoms with E-state index in [1.54, 1.807) is 31.2 Å². The van der Waals surface area contributed by atoms with Gasteiger partial charge in [-0.2, -0.15) is 0 Å². The van der Waals surface area contributed by atoms with Gasteiger partial charge in [-0.3, -0.25) is 9.59 Å². The molecule has 0 spiro atoms. The Labute approximate surface area is 154 Å². The first-order valence-electron chi connectivity index (χ1n) is 8.03. The van der Waals surface area contributed by atoms with Crippen LogP contribution in [0.2, 0.25) is 5.02 Å². The number of carbonyl (C=O) groups excluding carboxylic acids is 2. The lowest BCUT2D eigenvalue weighted by Gasteiger charge is -2.23. The van der Waals surface area contributed by atoms with Crippen molar-refractivity contribution in [1.29, 1.82) is 0 Å². The van der Waals surface area contributed by atoms with Crippen molar-refractivity contribution in [1.82, 2.24) is 0 Å². The third kappa shape index (κ3) is 3.01. The van der Waals surface area contributed by atoms with E-state index in [-0.39, 0.29) is 11.8 Å². The van der Waals surface area contributed by atoms with Gasteiger partial charge >= 0.3 is 0 Å². The van der Waals surface area contributed by atoms with E-state index in [9.17, 15) is 9.59 Å². The van der Waals surface area contributed by atoms with Crippen molar-refractivity contribution in [2.45, 2.75) is 13.0 Å². The van der Waals surface area contributed by atoms with E-state index in [1.807, 2.05) is 0 Å². The SMILES string of the molecule is C[C@@H]1Oc2ccc(NC(=O)c3cc(Cl)c4c(c3)OCCO4)cc2NC1=O. The van der Waals surface area contributed by atoms with Crippen LogP contribution in [0.15, 0.2) is 30.3 Å². The lowest BCUT2D eigenvalue weighted by atomic mass is 10.1. The van der Waals surface area contributed by atoms with Gasteiger partial charge in [-0.25, -0.2) is 0 Å². The summed E-state index contributed by atoms with van der Waals surface area (Å²) in [6.45, 7) is 2.48. The number of fused-ring (bicyclic) bond motifs is 2. The molecule has 4 rings (SSSR count). The largest absolute Gasteiger partial charge is 0.486 e. The summed E-state index contributed by atoms with van der Waals surface area (Å²) in [4.78, 5) is 24.3. The van der Waals surface area contributed by atoms with Crippen LogP contribution in [0.25, 0.3) is 0 Å². The molecular formula is C18H15ClN2O5. The second kappa shape index (κ2) is 6.42. The van der Waals surface area contributed by atoms with Gasteiger partial charge in [0.2, 0.25) is 0 Å². The van der Waals surface area contributed by atoms with Crippen molar-refractivity contribution >= 4 is 34.8 Å². The maximum atomic E-state index is 12.6. The molecule has 0 aromatic heterocycles. The Morgan fingerprint density at radius 1 is 1.19 bits per heavy atom. The molecular weight excluding hydrogens is 360 g/mol. The van der Waals surface area contributed by atoms with Gasteiger partial charge in [0, 0.05) is 11.3 Å². The van der Waals surface area contributed by atoms with Crippen LogP contribution in [0, 0.1) is 0 Å². The lowest BCUT2D eigenvalue weighted by molar-refractivity contribution is -0.122. The molecule has 2 aromatic rings. The summed E-state index contributed by atoms with van der Waals surface area (Å²) in [5.41, 5.74) is 1.36. The predicted octanol–water partition coefficient (Wildman–Crippen LogP) is 3.08. The number of amides is 2. The lowest BCUT2D eigenvalue weighted by Crippen LogP contribution is -2.34. The number of halogens is 1. The summed E-state index contributed by atoms with van der Waals surface area (Å²) in [7, 11) is 0. The number of ether oxygens (including phenoxy) is 3. The summed E-state index contributed by atoms with van der Waals surface area (Å²) in [6.07, 6.45) is -0.553. The molecule has 2 heterocycles. The van der Waals surface area contributed by atoms with Gasteiger partial charge in [0.25, 0.3) is 11.8 Å². The van der Waals surface area contributed by atoms with Crippen molar-refractivity contribution in [3.63, 3.8) is 0 Å². The highest BCUT2D eigenvalue weighted by atomic mass is 35.5. The molecule has 0 bridgehead atoms. The number of hydrogen-bond acceptors (Lipinski definition) is 5. The fraction of sp³-hybridized carbons (Fsp3) is 0.222. The number of nitrogens with one attached hydrogen (secondary N) is 2. The van der Waals surface area contributed by atoms with Crippen LogP contribution in [0.5, 0.6) is 17.2 Å².